The summed E-state index contributed by atoms with van der Waals surface area (Å²) in [6.45, 7) is 0.695. The molecule has 2 aliphatic heterocycles. The van der Waals surface area contributed by atoms with Crippen LogP contribution in [0.2, 0.25) is 0 Å². The largest absolute Gasteiger partial charge is 0.489 e. The summed E-state index contributed by atoms with van der Waals surface area (Å²) >= 11 is 0. The minimum atomic E-state index is 0.695. The SMILES string of the molecule is C1=Cn2cccc2C2=CCOC2=C1. The van der Waals surface area contributed by atoms with Crippen LogP contribution in [0, 0.1) is 0 Å². The maximum Gasteiger partial charge on any atom is 0.128 e. The van der Waals surface area contributed by atoms with E-state index in [9.17, 15) is 0 Å². The predicted octanol–water partition coefficient (Wildman–Crippen LogP) is 2.27. The van der Waals surface area contributed by atoms with Crippen molar-refractivity contribution in [1.29, 1.82) is 0 Å². The summed E-state index contributed by atoms with van der Waals surface area (Å²) in [5, 5.41) is 0. The van der Waals surface area contributed by atoms with Crippen LogP contribution in [0.1, 0.15) is 5.69 Å². The number of ether oxygens (including phenoxy) is 1. The Kier molecular flexibility index (Phi) is 1.25. The van der Waals surface area contributed by atoms with Crippen molar-refractivity contribution < 1.29 is 4.74 Å². The lowest BCUT2D eigenvalue weighted by Crippen LogP contribution is -1.91. The summed E-state index contributed by atoms with van der Waals surface area (Å²) in [5.74, 6) is 0.980. The second-order valence-electron chi connectivity index (χ2n) is 3.10. The molecule has 0 fully saturated rings. The first-order valence-corrected chi connectivity index (χ1v) is 4.34. The molecule has 0 saturated carbocycles. The second kappa shape index (κ2) is 2.39. The Bertz CT molecular complexity index is 435. The molecule has 0 saturated heterocycles. The molecular weight excluding hydrogens is 162 g/mol. The molecule has 0 amide bonds. The number of hydrogen-bond donors (Lipinski definition) is 0. The van der Waals surface area contributed by atoms with Gasteiger partial charge in [0.25, 0.3) is 0 Å². The van der Waals surface area contributed by atoms with E-state index in [1.807, 2.05) is 30.6 Å². The summed E-state index contributed by atoms with van der Waals surface area (Å²) < 4.78 is 7.57. The van der Waals surface area contributed by atoms with Gasteiger partial charge in [0, 0.05) is 18.0 Å². The number of aromatic nitrogens is 1. The molecule has 1 aromatic heterocycles. The molecule has 0 aliphatic carbocycles. The fraction of sp³-hybridized carbons (Fsp3) is 0.0909. The van der Waals surface area contributed by atoms with Gasteiger partial charge in [0.1, 0.15) is 12.4 Å². The molecule has 2 aliphatic rings. The van der Waals surface area contributed by atoms with Crippen LogP contribution in [-0.2, 0) is 4.74 Å². The molecule has 1 aromatic rings. The van der Waals surface area contributed by atoms with Crippen molar-refractivity contribution in [2.45, 2.75) is 0 Å². The minimum absolute atomic E-state index is 0.695. The van der Waals surface area contributed by atoms with Gasteiger partial charge in [-0.1, -0.05) is 0 Å². The van der Waals surface area contributed by atoms with Crippen LogP contribution < -0.4 is 0 Å². The van der Waals surface area contributed by atoms with E-state index in [0.29, 0.717) is 6.61 Å². The van der Waals surface area contributed by atoms with Gasteiger partial charge in [-0.15, -0.1) is 0 Å². The van der Waals surface area contributed by atoms with Crippen LogP contribution in [0.15, 0.2) is 42.3 Å². The zero-order chi connectivity index (χ0) is 8.67. The highest BCUT2D eigenvalue weighted by Gasteiger charge is 2.17. The standard InChI is InChI=1S/C11H9NO/c1-3-10-9-5-8-13-11(9)4-2-7-12(10)6-1/h1-7H,8H2. The smallest absolute Gasteiger partial charge is 0.128 e. The van der Waals surface area contributed by atoms with E-state index in [1.165, 1.54) is 11.3 Å². The highest BCUT2D eigenvalue weighted by Crippen LogP contribution is 2.30. The number of hydrogen-bond acceptors (Lipinski definition) is 1. The first-order chi connectivity index (χ1) is 6.45. The van der Waals surface area contributed by atoms with Crippen LogP contribution in [0.25, 0.3) is 11.8 Å². The van der Waals surface area contributed by atoms with Crippen LogP contribution >= 0.6 is 0 Å². The molecule has 0 spiro atoms. The van der Waals surface area contributed by atoms with Crippen LogP contribution in [0.4, 0.5) is 0 Å². The van der Waals surface area contributed by atoms with Gasteiger partial charge >= 0.3 is 0 Å². The quantitative estimate of drug-likeness (QED) is 0.584. The van der Waals surface area contributed by atoms with Gasteiger partial charge in [0.2, 0.25) is 0 Å². The molecule has 0 N–H and O–H groups in total. The fourth-order valence-corrected chi connectivity index (χ4v) is 1.74. The van der Waals surface area contributed by atoms with Gasteiger partial charge in [-0.25, -0.2) is 0 Å². The number of nitrogens with zero attached hydrogens (tertiary/aromatic N) is 1. The van der Waals surface area contributed by atoms with Crippen molar-refractivity contribution in [3.05, 3.63) is 48.0 Å². The van der Waals surface area contributed by atoms with E-state index in [-0.39, 0.29) is 0 Å². The first kappa shape index (κ1) is 6.78. The molecule has 13 heavy (non-hydrogen) atoms. The summed E-state index contributed by atoms with van der Waals surface area (Å²) in [5.41, 5.74) is 2.41. The molecule has 0 unspecified atom stereocenters. The Morgan fingerprint density at radius 2 is 2.38 bits per heavy atom. The number of rotatable bonds is 0. The summed E-state index contributed by atoms with van der Waals surface area (Å²) in [6, 6.07) is 4.14. The molecule has 64 valence electrons. The number of fused-ring (bicyclic) bond motifs is 3. The monoisotopic (exact) mass is 171 g/mol. The van der Waals surface area contributed by atoms with Crippen molar-refractivity contribution in [2.75, 3.05) is 6.61 Å². The summed E-state index contributed by atoms with van der Waals surface area (Å²) in [7, 11) is 0. The third kappa shape index (κ3) is 0.886. The Balaban J connectivity index is 2.26. The number of allylic oxidation sites excluding steroid dienone is 3. The van der Waals surface area contributed by atoms with E-state index in [1.54, 1.807) is 0 Å². The highest BCUT2D eigenvalue weighted by molar-refractivity contribution is 5.80. The summed E-state index contributed by atoms with van der Waals surface area (Å²) in [4.78, 5) is 0. The van der Waals surface area contributed by atoms with Crippen LogP contribution in [0.3, 0.4) is 0 Å². The Hall–Kier alpha value is -1.70. The average molecular weight is 171 g/mol. The molecule has 0 radical (unpaired) electrons. The zero-order valence-electron chi connectivity index (χ0n) is 7.10. The Morgan fingerprint density at radius 3 is 3.38 bits per heavy atom. The van der Waals surface area contributed by atoms with Crippen molar-refractivity contribution >= 4 is 11.8 Å². The molecule has 2 nitrogen and oxygen atoms in total. The molecule has 0 bridgehead atoms. The third-order valence-corrected chi connectivity index (χ3v) is 2.34. The van der Waals surface area contributed by atoms with Crippen molar-refractivity contribution in [3.63, 3.8) is 0 Å². The highest BCUT2D eigenvalue weighted by atomic mass is 16.5. The van der Waals surface area contributed by atoms with Gasteiger partial charge in [0.15, 0.2) is 0 Å². The fourth-order valence-electron chi connectivity index (χ4n) is 1.74. The third-order valence-electron chi connectivity index (χ3n) is 2.34. The molecule has 0 atom stereocenters. The van der Waals surface area contributed by atoms with Gasteiger partial charge in [-0.05, 0) is 30.4 Å². The predicted molar refractivity (Wildman–Crippen MR) is 51.8 cm³/mol. The molecule has 3 rings (SSSR count). The van der Waals surface area contributed by atoms with Crippen LogP contribution in [0.5, 0.6) is 0 Å². The topological polar surface area (TPSA) is 14.2 Å². The van der Waals surface area contributed by atoms with Gasteiger partial charge in [0.05, 0.1) is 5.69 Å². The Labute approximate surface area is 76.4 Å². The van der Waals surface area contributed by atoms with Crippen molar-refractivity contribution in [2.24, 2.45) is 0 Å². The van der Waals surface area contributed by atoms with E-state index >= 15 is 0 Å². The molecule has 3 heterocycles. The van der Waals surface area contributed by atoms with Crippen molar-refractivity contribution in [3.8, 4) is 0 Å². The van der Waals surface area contributed by atoms with E-state index in [0.717, 1.165) is 5.76 Å². The van der Waals surface area contributed by atoms with E-state index in [2.05, 4.69) is 16.7 Å². The molecule has 2 heteroatoms. The minimum Gasteiger partial charge on any atom is -0.489 e. The lowest BCUT2D eigenvalue weighted by atomic mass is 10.1. The zero-order valence-corrected chi connectivity index (χ0v) is 7.10. The van der Waals surface area contributed by atoms with E-state index < -0.39 is 0 Å². The lowest BCUT2D eigenvalue weighted by Gasteiger charge is -2.03. The summed E-state index contributed by atoms with van der Waals surface area (Å²) in [6.07, 6.45) is 10.2. The average Bonchev–Trinajstić information content (AvgIpc) is 2.72. The second-order valence-corrected chi connectivity index (χ2v) is 3.10. The van der Waals surface area contributed by atoms with Gasteiger partial charge in [-0.2, -0.15) is 0 Å². The van der Waals surface area contributed by atoms with Gasteiger partial charge < -0.3 is 9.30 Å². The maximum atomic E-state index is 5.47. The maximum absolute atomic E-state index is 5.47. The lowest BCUT2D eigenvalue weighted by molar-refractivity contribution is 0.281. The van der Waals surface area contributed by atoms with Crippen LogP contribution in [-0.4, -0.2) is 11.2 Å². The van der Waals surface area contributed by atoms with Gasteiger partial charge in [-0.3, -0.25) is 0 Å². The van der Waals surface area contributed by atoms with Crippen molar-refractivity contribution in [1.82, 2.24) is 4.57 Å². The molecular formula is C11H9NO. The van der Waals surface area contributed by atoms with E-state index in [4.69, 9.17) is 4.74 Å². The Morgan fingerprint density at radius 1 is 1.38 bits per heavy atom. The first-order valence-electron chi connectivity index (χ1n) is 4.34. The molecule has 0 aromatic carbocycles. The normalized spacial score (nSPS) is 18.2.